The molecule has 1 aliphatic rings. The fraction of sp³-hybridized carbons (Fsp3) is 0.467. The maximum atomic E-state index is 11.8. The van der Waals surface area contributed by atoms with Gasteiger partial charge in [0.2, 0.25) is 0 Å². The van der Waals surface area contributed by atoms with Crippen LogP contribution in [0, 0.1) is 0 Å². The SMILES string of the molecule is CC(C)(C)NC(=O)Nc1ccc(N2CCOCC2=O)cc1. The lowest BCUT2D eigenvalue weighted by atomic mass is 10.1. The Labute approximate surface area is 124 Å². The molecule has 1 aromatic rings. The van der Waals surface area contributed by atoms with Crippen molar-refractivity contribution in [3.8, 4) is 0 Å². The van der Waals surface area contributed by atoms with Gasteiger partial charge in [0.05, 0.1) is 6.61 Å². The fourth-order valence-corrected chi connectivity index (χ4v) is 2.02. The van der Waals surface area contributed by atoms with Crippen LogP contribution in [0.2, 0.25) is 0 Å². The van der Waals surface area contributed by atoms with Crippen molar-refractivity contribution in [2.75, 3.05) is 30.0 Å². The number of carbonyl (C=O) groups excluding carboxylic acids is 2. The number of benzene rings is 1. The van der Waals surface area contributed by atoms with Crippen molar-refractivity contribution in [2.24, 2.45) is 0 Å². The number of ether oxygens (including phenoxy) is 1. The molecule has 0 saturated carbocycles. The van der Waals surface area contributed by atoms with Gasteiger partial charge in [0, 0.05) is 23.5 Å². The van der Waals surface area contributed by atoms with Crippen LogP contribution in [0.1, 0.15) is 20.8 Å². The summed E-state index contributed by atoms with van der Waals surface area (Å²) in [6.45, 7) is 6.96. The Balaban J connectivity index is 1.99. The van der Waals surface area contributed by atoms with Gasteiger partial charge in [-0.2, -0.15) is 0 Å². The van der Waals surface area contributed by atoms with Crippen molar-refractivity contribution < 1.29 is 14.3 Å². The summed E-state index contributed by atoms with van der Waals surface area (Å²) in [5.74, 6) is -0.0487. The van der Waals surface area contributed by atoms with Crippen molar-refractivity contribution in [1.82, 2.24) is 5.32 Å². The van der Waals surface area contributed by atoms with E-state index in [9.17, 15) is 9.59 Å². The van der Waals surface area contributed by atoms with Crippen molar-refractivity contribution >= 4 is 23.3 Å². The van der Waals surface area contributed by atoms with Gasteiger partial charge < -0.3 is 20.3 Å². The summed E-state index contributed by atoms with van der Waals surface area (Å²) in [4.78, 5) is 25.2. The highest BCUT2D eigenvalue weighted by atomic mass is 16.5. The quantitative estimate of drug-likeness (QED) is 0.875. The smallest absolute Gasteiger partial charge is 0.319 e. The summed E-state index contributed by atoms with van der Waals surface area (Å²) in [5.41, 5.74) is 1.20. The summed E-state index contributed by atoms with van der Waals surface area (Å²) in [5, 5.41) is 5.58. The highest BCUT2D eigenvalue weighted by molar-refractivity contribution is 5.95. The van der Waals surface area contributed by atoms with E-state index in [4.69, 9.17) is 4.74 Å². The Kier molecular flexibility index (Phi) is 4.47. The summed E-state index contributed by atoms with van der Waals surface area (Å²) >= 11 is 0. The van der Waals surface area contributed by atoms with Gasteiger partial charge in [0.1, 0.15) is 6.61 Å². The maximum Gasteiger partial charge on any atom is 0.319 e. The Morgan fingerprint density at radius 1 is 1.24 bits per heavy atom. The molecule has 0 aliphatic carbocycles. The van der Waals surface area contributed by atoms with Crippen molar-refractivity contribution in [3.63, 3.8) is 0 Å². The molecule has 1 heterocycles. The summed E-state index contributed by atoms with van der Waals surface area (Å²) in [7, 11) is 0. The largest absolute Gasteiger partial charge is 0.370 e. The first kappa shape index (κ1) is 15.3. The van der Waals surface area contributed by atoms with Crippen LogP contribution in [0.3, 0.4) is 0 Å². The number of nitrogens with one attached hydrogen (secondary N) is 2. The Morgan fingerprint density at radius 2 is 1.90 bits per heavy atom. The van der Waals surface area contributed by atoms with Gasteiger partial charge in [-0.15, -0.1) is 0 Å². The second-order valence-corrected chi connectivity index (χ2v) is 5.97. The first-order valence-electron chi connectivity index (χ1n) is 6.92. The van der Waals surface area contributed by atoms with Crippen LogP contribution in [0.25, 0.3) is 0 Å². The van der Waals surface area contributed by atoms with Gasteiger partial charge >= 0.3 is 6.03 Å². The molecule has 0 radical (unpaired) electrons. The lowest BCUT2D eigenvalue weighted by molar-refractivity contribution is -0.125. The molecule has 2 N–H and O–H groups in total. The van der Waals surface area contributed by atoms with Gasteiger partial charge in [-0.3, -0.25) is 4.79 Å². The number of rotatable bonds is 2. The van der Waals surface area contributed by atoms with E-state index < -0.39 is 0 Å². The zero-order chi connectivity index (χ0) is 15.5. The van der Waals surface area contributed by atoms with Gasteiger partial charge in [-0.25, -0.2) is 4.79 Å². The monoisotopic (exact) mass is 291 g/mol. The van der Waals surface area contributed by atoms with Crippen LogP contribution < -0.4 is 15.5 Å². The minimum atomic E-state index is -0.287. The molecule has 6 nitrogen and oxygen atoms in total. The Morgan fingerprint density at radius 3 is 2.48 bits per heavy atom. The van der Waals surface area contributed by atoms with Crippen LogP contribution in [-0.4, -0.2) is 37.2 Å². The zero-order valence-corrected chi connectivity index (χ0v) is 12.6. The standard InChI is InChI=1S/C15H21N3O3/c1-15(2,3)17-14(20)16-11-4-6-12(7-5-11)18-8-9-21-10-13(18)19/h4-7H,8-10H2,1-3H3,(H2,16,17,20). The van der Waals surface area contributed by atoms with Crippen LogP contribution in [0.15, 0.2) is 24.3 Å². The first-order valence-corrected chi connectivity index (χ1v) is 6.92. The summed E-state index contributed by atoms with van der Waals surface area (Å²) in [6, 6.07) is 6.93. The van der Waals surface area contributed by atoms with E-state index in [0.717, 1.165) is 5.69 Å². The topological polar surface area (TPSA) is 70.7 Å². The van der Waals surface area contributed by atoms with Crippen LogP contribution in [0.4, 0.5) is 16.2 Å². The van der Waals surface area contributed by atoms with Gasteiger partial charge in [0.25, 0.3) is 5.91 Å². The van der Waals surface area contributed by atoms with Gasteiger partial charge in [-0.05, 0) is 45.0 Å². The normalized spacial score (nSPS) is 15.8. The molecule has 1 aromatic carbocycles. The number of amides is 3. The number of urea groups is 1. The Hall–Kier alpha value is -2.08. The first-order chi connectivity index (χ1) is 9.85. The average molecular weight is 291 g/mol. The van der Waals surface area contributed by atoms with E-state index >= 15 is 0 Å². The lowest BCUT2D eigenvalue weighted by Gasteiger charge is -2.27. The maximum absolute atomic E-state index is 11.8. The fourth-order valence-electron chi connectivity index (χ4n) is 2.02. The number of hydrogen-bond acceptors (Lipinski definition) is 3. The van der Waals surface area contributed by atoms with Crippen molar-refractivity contribution in [1.29, 1.82) is 0 Å². The molecular weight excluding hydrogens is 270 g/mol. The molecule has 6 heteroatoms. The van der Waals surface area contributed by atoms with Crippen LogP contribution in [-0.2, 0) is 9.53 Å². The van der Waals surface area contributed by atoms with Crippen LogP contribution >= 0.6 is 0 Å². The highest BCUT2D eigenvalue weighted by Gasteiger charge is 2.20. The molecule has 1 fully saturated rings. The minimum Gasteiger partial charge on any atom is -0.370 e. The van der Waals surface area contributed by atoms with E-state index in [-0.39, 0.29) is 24.1 Å². The molecule has 1 saturated heterocycles. The van der Waals surface area contributed by atoms with Crippen molar-refractivity contribution in [2.45, 2.75) is 26.3 Å². The third kappa shape index (κ3) is 4.46. The van der Waals surface area contributed by atoms with E-state index in [1.54, 1.807) is 17.0 Å². The predicted molar refractivity (Wildman–Crippen MR) is 81.5 cm³/mol. The molecule has 0 spiro atoms. The third-order valence-corrected chi connectivity index (χ3v) is 2.91. The van der Waals surface area contributed by atoms with E-state index in [2.05, 4.69) is 10.6 Å². The second kappa shape index (κ2) is 6.13. The molecule has 21 heavy (non-hydrogen) atoms. The molecule has 0 atom stereocenters. The number of morpholine rings is 1. The molecule has 2 rings (SSSR count). The van der Waals surface area contributed by atoms with E-state index in [0.29, 0.717) is 18.8 Å². The molecule has 3 amide bonds. The average Bonchev–Trinajstić information content (AvgIpc) is 2.38. The number of anilines is 2. The number of carbonyl (C=O) groups is 2. The number of nitrogens with zero attached hydrogens (tertiary/aromatic N) is 1. The van der Waals surface area contributed by atoms with Crippen molar-refractivity contribution in [3.05, 3.63) is 24.3 Å². The second-order valence-electron chi connectivity index (χ2n) is 5.97. The molecule has 1 aliphatic heterocycles. The van der Waals surface area contributed by atoms with Gasteiger partial charge in [-0.1, -0.05) is 0 Å². The Bertz CT molecular complexity index is 520. The third-order valence-electron chi connectivity index (χ3n) is 2.91. The predicted octanol–water partition coefficient (Wildman–Crippen LogP) is 1.97. The van der Waals surface area contributed by atoms with E-state index in [1.807, 2.05) is 32.9 Å². The number of hydrogen-bond donors (Lipinski definition) is 2. The van der Waals surface area contributed by atoms with Gasteiger partial charge in [0.15, 0.2) is 0 Å². The van der Waals surface area contributed by atoms with E-state index in [1.165, 1.54) is 0 Å². The molecule has 0 unspecified atom stereocenters. The molecule has 114 valence electrons. The molecule has 0 bridgehead atoms. The lowest BCUT2D eigenvalue weighted by Crippen LogP contribution is -2.43. The molecule has 0 aromatic heterocycles. The summed E-state index contributed by atoms with van der Waals surface area (Å²) in [6.07, 6.45) is 0. The molecular formula is C15H21N3O3. The summed E-state index contributed by atoms with van der Waals surface area (Å²) < 4.78 is 5.10. The van der Waals surface area contributed by atoms with Crippen LogP contribution in [0.5, 0.6) is 0 Å². The minimum absolute atomic E-state index is 0.0487. The highest BCUT2D eigenvalue weighted by Crippen LogP contribution is 2.19. The zero-order valence-electron chi connectivity index (χ0n) is 12.6.